The highest BCUT2D eigenvalue weighted by molar-refractivity contribution is 5.56. The van der Waals surface area contributed by atoms with Crippen LogP contribution in [0, 0.1) is 0 Å². The first kappa shape index (κ1) is 23.2. The highest BCUT2D eigenvalue weighted by Crippen LogP contribution is 2.17. The summed E-state index contributed by atoms with van der Waals surface area (Å²) in [5.74, 6) is 0. The smallest absolute Gasteiger partial charge is 0.173 e. The molecule has 1 saturated heterocycles. The zero-order valence-electron chi connectivity index (χ0n) is 12.6. The number of aldehydes is 1. The number of nitrogens with two attached hydrogens (primary N) is 1. The number of ether oxygens (including phenoxy) is 1. The maximum Gasteiger partial charge on any atom is 0.173 e. The first-order chi connectivity index (χ1) is 11.1. The molecule has 0 saturated carbocycles. The van der Waals surface area contributed by atoms with Crippen molar-refractivity contribution < 1.29 is 55.5 Å². The van der Waals surface area contributed by atoms with Crippen LogP contribution in [0.5, 0.6) is 0 Å². The summed E-state index contributed by atoms with van der Waals surface area (Å²) >= 11 is 0. The molecule has 1 rings (SSSR count). The second-order valence-corrected chi connectivity index (χ2v) is 5.16. The van der Waals surface area contributed by atoms with E-state index in [0.29, 0.717) is 0 Å². The van der Waals surface area contributed by atoms with Gasteiger partial charge in [-0.15, -0.1) is 0 Å². The zero-order chi connectivity index (χ0) is 19.0. The lowest BCUT2D eigenvalue weighted by atomic mass is 9.98. The van der Waals surface area contributed by atoms with Crippen LogP contribution in [0.3, 0.4) is 0 Å². The molecule has 11 N–H and O–H groups in total. The lowest BCUT2D eigenvalue weighted by molar-refractivity contribution is -0.248. The fourth-order valence-corrected chi connectivity index (χ4v) is 1.74. The number of aliphatic hydroxyl groups is 9. The largest absolute Gasteiger partial charge is 0.394 e. The summed E-state index contributed by atoms with van der Waals surface area (Å²) in [7, 11) is 0. The summed E-state index contributed by atoms with van der Waals surface area (Å²) in [5, 5.41) is 79.6. The summed E-state index contributed by atoms with van der Waals surface area (Å²) in [6.07, 6.45) is -11.7. The van der Waals surface area contributed by atoms with Crippen molar-refractivity contribution in [3.63, 3.8) is 0 Å². The minimum Gasteiger partial charge on any atom is -0.394 e. The van der Waals surface area contributed by atoms with Crippen molar-refractivity contribution in [1.29, 1.82) is 0 Å². The minimum atomic E-state index is -1.79. The Kier molecular flexibility index (Phi) is 10.6. The van der Waals surface area contributed by atoms with Crippen molar-refractivity contribution >= 4 is 6.29 Å². The molecule has 12 heteroatoms. The zero-order valence-corrected chi connectivity index (χ0v) is 12.6. The number of hydrogen-bond donors (Lipinski definition) is 10. The van der Waals surface area contributed by atoms with Crippen molar-refractivity contribution in [2.24, 2.45) is 5.73 Å². The van der Waals surface area contributed by atoms with Crippen molar-refractivity contribution in [2.45, 2.75) is 55.1 Å². The van der Waals surface area contributed by atoms with Crippen molar-refractivity contribution in [1.82, 2.24) is 0 Å². The van der Waals surface area contributed by atoms with Gasteiger partial charge >= 0.3 is 0 Å². The van der Waals surface area contributed by atoms with E-state index >= 15 is 0 Å². The van der Waals surface area contributed by atoms with Gasteiger partial charge in [0.15, 0.2) is 12.6 Å². The molecular weight excluding hydrogens is 334 g/mol. The van der Waals surface area contributed by atoms with Gasteiger partial charge in [-0.05, 0) is 0 Å². The second-order valence-electron chi connectivity index (χ2n) is 5.16. The maximum atomic E-state index is 9.90. The van der Waals surface area contributed by atoms with Gasteiger partial charge in [0.1, 0.15) is 42.7 Å². The number of rotatable bonds is 6. The van der Waals surface area contributed by atoms with Gasteiger partial charge in [-0.3, -0.25) is 0 Å². The number of carbonyl (C=O) groups is 1. The predicted octanol–water partition coefficient (Wildman–Crippen LogP) is -6.63. The van der Waals surface area contributed by atoms with Gasteiger partial charge in [0, 0.05) is 0 Å². The number of hydrogen-bond acceptors (Lipinski definition) is 12. The SMILES string of the molecule is N[C@H]1C(O)O[C@H](CO)[C@@H](O)[C@@H]1O.O=CC(O)C(O)C(O)C(O)CO. The molecule has 5 unspecified atom stereocenters. The molecule has 1 aliphatic heterocycles. The normalized spacial score (nSPS) is 35.2. The molecule has 0 radical (unpaired) electrons. The van der Waals surface area contributed by atoms with Gasteiger partial charge in [0.05, 0.1) is 19.3 Å². The summed E-state index contributed by atoms with van der Waals surface area (Å²) in [6.45, 7) is -1.23. The van der Waals surface area contributed by atoms with E-state index in [1.165, 1.54) is 0 Å². The Morgan fingerprint density at radius 2 is 1.54 bits per heavy atom. The molecule has 24 heavy (non-hydrogen) atoms. The lowest BCUT2D eigenvalue weighted by Crippen LogP contribution is -2.61. The van der Waals surface area contributed by atoms with Crippen LogP contribution in [0.1, 0.15) is 0 Å². The van der Waals surface area contributed by atoms with Crippen LogP contribution in [-0.4, -0.2) is 121 Å². The monoisotopic (exact) mass is 359 g/mol. The lowest BCUT2D eigenvalue weighted by Gasteiger charge is -2.38. The topological polar surface area (TPSA) is 234 Å². The predicted molar refractivity (Wildman–Crippen MR) is 75.1 cm³/mol. The Morgan fingerprint density at radius 1 is 1.00 bits per heavy atom. The van der Waals surface area contributed by atoms with Crippen molar-refractivity contribution in [3.8, 4) is 0 Å². The Hall–Kier alpha value is -0.770. The van der Waals surface area contributed by atoms with E-state index in [9.17, 15) is 15.0 Å². The van der Waals surface area contributed by atoms with Crippen LogP contribution in [0.4, 0.5) is 0 Å². The summed E-state index contributed by atoms with van der Waals surface area (Å²) < 4.78 is 4.70. The van der Waals surface area contributed by atoms with Gasteiger partial charge in [0.25, 0.3) is 0 Å². The Bertz CT molecular complexity index is 355. The van der Waals surface area contributed by atoms with Gasteiger partial charge in [-0.1, -0.05) is 0 Å². The van der Waals surface area contributed by atoms with Gasteiger partial charge < -0.3 is 61.2 Å². The average Bonchev–Trinajstić information content (AvgIpc) is 2.60. The third-order valence-electron chi connectivity index (χ3n) is 3.37. The van der Waals surface area contributed by atoms with E-state index in [0.717, 1.165) is 0 Å². The second kappa shape index (κ2) is 11.0. The van der Waals surface area contributed by atoms with Gasteiger partial charge in [-0.25, -0.2) is 0 Å². The van der Waals surface area contributed by atoms with E-state index in [-0.39, 0.29) is 6.29 Å². The maximum absolute atomic E-state index is 9.90. The Balaban J connectivity index is 0.000000441. The van der Waals surface area contributed by atoms with Crippen LogP contribution in [0.25, 0.3) is 0 Å². The van der Waals surface area contributed by atoms with Crippen LogP contribution in [0.2, 0.25) is 0 Å². The summed E-state index contributed by atoms with van der Waals surface area (Å²) in [5.41, 5.74) is 5.26. The number of aliphatic hydroxyl groups excluding tert-OH is 9. The van der Waals surface area contributed by atoms with Gasteiger partial charge in [0.2, 0.25) is 0 Å². The Labute approximate surface area is 137 Å². The first-order valence-corrected chi connectivity index (χ1v) is 6.96. The molecule has 9 atom stereocenters. The highest BCUT2D eigenvalue weighted by Gasteiger charge is 2.41. The molecule has 12 nitrogen and oxygen atoms in total. The van der Waals surface area contributed by atoms with E-state index in [1.807, 2.05) is 0 Å². The number of carbonyl (C=O) groups excluding carboxylic acids is 1. The molecule has 0 aliphatic carbocycles. The molecule has 0 amide bonds. The molecular formula is C12H25NO11. The molecule has 0 bridgehead atoms. The van der Waals surface area contributed by atoms with Crippen molar-refractivity contribution in [2.75, 3.05) is 13.2 Å². The quantitative estimate of drug-likeness (QED) is 0.199. The standard InChI is InChI=1S/C6H13NO5.C6H12O6/c7-3-5(10)4(9)2(1-8)12-6(3)11;7-1-3(9)5(11)6(12)4(10)2-8/h2-6,8-11H,1,7H2;1,3-6,8-12H,2H2/t2-,3-,4-,5-,6?;/m1./s1. The van der Waals surface area contributed by atoms with Crippen LogP contribution < -0.4 is 5.73 Å². The molecule has 1 heterocycles. The highest BCUT2D eigenvalue weighted by atomic mass is 16.6. The van der Waals surface area contributed by atoms with Crippen LogP contribution in [-0.2, 0) is 9.53 Å². The van der Waals surface area contributed by atoms with Gasteiger partial charge in [-0.2, -0.15) is 0 Å². The van der Waals surface area contributed by atoms with E-state index in [2.05, 4.69) is 0 Å². The fourth-order valence-electron chi connectivity index (χ4n) is 1.74. The molecule has 0 aromatic heterocycles. The average molecular weight is 359 g/mol. The molecule has 1 aliphatic rings. The van der Waals surface area contributed by atoms with Crippen LogP contribution in [0.15, 0.2) is 0 Å². The fraction of sp³-hybridized carbons (Fsp3) is 0.917. The summed E-state index contributed by atoms with van der Waals surface area (Å²) in [4.78, 5) is 9.90. The van der Waals surface area contributed by atoms with Crippen LogP contribution >= 0.6 is 0 Å². The Morgan fingerprint density at radius 3 is 1.96 bits per heavy atom. The first-order valence-electron chi connectivity index (χ1n) is 6.96. The summed E-state index contributed by atoms with van der Waals surface area (Å²) in [6, 6.07) is -1.04. The van der Waals surface area contributed by atoms with E-state index in [1.54, 1.807) is 0 Å². The van der Waals surface area contributed by atoms with Crippen molar-refractivity contribution in [3.05, 3.63) is 0 Å². The van der Waals surface area contributed by atoms with E-state index < -0.39 is 68.3 Å². The molecule has 0 aromatic carbocycles. The third-order valence-corrected chi connectivity index (χ3v) is 3.37. The molecule has 0 spiro atoms. The molecule has 1 fully saturated rings. The molecule has 144 valence electrons. The molecule has 0 aromatic rings. The third kappa shape index (κ3) is 6.27. The minimum absolute atomic E-state index is 0.0258. The van der Waals surface area contributed by atoms with E-state index in [4.69, 9.17) is 46.2 Å².